The number of pyridine rings is 1. The van der Waals surface area contributed by atoms with Crippen LogP contribution in [0, 0.1) is 0 Å². The van der Waals surface area contributed by atoms with Gasteiger partial charge in [-0.3, -0.25) is 0 Å². The highest BCUT2D eigenvalue weighted by molar-refractivity contribution is 9.10. The average Bonchev–Trinajstić information content (AvgIpc) is 2.47. The highest BCUT2D eigenvalue weighted by atomic mass is 79.9. The molecular formula is C15H18BrN3O. The first-order chi connectivity index (χ1) is 9.61. The third kappa shape index (κ3) is 2.53. The number of aromatic nitrogens is 1. The molecular weight excluding hydrogens is 318 g/mol. The van der Waals surface area contributed by atoms with Crippen LogP contribution < -0.4 is 10.6 Å². The van der Waals surface area contributed by atoms with Crippen LogP contribution in [0.5, 0.6) is 0 Å². The Labute approximate surface area is 126 Å². The molecule has 0 atom stereocenters. The van der Waals surface area contributed by atoms with E-state index in [1.54, 1.807) is 0 Å². The number of hydrogen-bond acceptors (Lipinski definition) is 4. The number of fused-ring (bicyclic) bond motifs is 1. The van der Waals surface area contributed by atoms with Gasteiger partial charge in [-0.05, 0) is 42.5 Å². The summed E-state index contributed by atoms with van der Waals surface area (Å²) >= 11 is 3.50. The number of nitrogens with two attached hydrogens (primary N) is 1. The largest absolute Gasteiger partial charge is 0.388 e. The maximum atomic E-state index is 10.2. The minimum atomic E-state index is -0.704. The molecule has 1 saturated heterocycles. The van der Waals surface area contributed by atoms with Crippen molar-refractivity contribution in [2.24, 2.45) is 5.73 Å². The summed E-state index contributed by atoms with van der Waals surface area (Å²) in [4.78, 5) is 6.77. The van der Waals surface area contributed by atoms with Crippen molar-refractivity contribution >= 4 is 32.5 Å². The van der Waals surface area contributed by atoms with Gasteiger partial charge in [0.2, 0.25) is 0 Å². The number of hydrogen-bond donors (Lipinski definition) is 2. The zero-order valence-electron chi connectivity index (χ0n) is 11.2. The van der Waals surface area contributed by atoms with Crippen LogP contribution in [0.25, 0.3) is 10.8 Å². The van der Waals surface area contributed by atoms with Crippen molar-refractivity contribution in [1.82, 2.24) is 4.98 Å². The Balaban J connectivity index is 1.92. The van der Waals surface area contributed by atoms with Crippen molar-refractivity contribution in [3.63, 3.8) is 0 Å². The number of aliphatic hydroxyl groups is 1. The van der Waals surface area contributed by atoms with Gasteiger partial charge in [-0.15, -0.1) is 0 Å². The van der Waals surface area contributed by atoms with Gasteiger partial charge in [0.1, 0.15) is 5.82 Å². The summed E-state index contributed by atoms with van der Waals surface area (Å²) in [6, 6.07) is 8.24. The van der Waals surface area contributed by atoms with Crippen LogP contribution in [-0.4, -0.2) is 35.3 Å². The molecule has 5 heteroatoms. The third-order valence-corrected chi connectivity index (χ3v) is 4.57. The Hall–Kier alpha value is -1.17. The molecule has 0 bridgehead atoms. The normalized spacial score (nSPS) is 18.4. The van der Waals surface area contributed by atoms with Crippen LogP contribution in [0.1, 0.15) is 12.8 Å². The van der Waals surface area contributed by atoms with Crippen LogP contribution in [0.2, 0.25) is 0 Å². The molecule has 0 aliphatic carbocycles. The van der Waals surface area contributed by atoms with Gasteiger partial charge in [-0.25, -0.2) is 4.98 Å². The highest BCUT2D eigenvalue weighted by Crippen LogP contribution is 2.30. The van der Waals surface area contributed by atoms with E-state index >= 15 is 0 Å². The summed E-state index contributed by atoms with van der Waals surface area (Å²) in [7, 11) is 0. The van der Waals surface area contributed by atoms with E-state index in [0.29, 0.717) is 19.4 Å². The molecule has 2 heterocycles. The van der Waals surface area contributed by atoms with E-state index in [1.165, 1.54) is 5.39 Å². The second-order valence-electron chi connectivity index (χ2n) is 5.42. The van der Waals surface area contributed by atoms with E-state index in [1.807, 2.05) is 18.3 Å². The van der Waals surface area contributed by atoms with E-state index in [9.17, 15) is 5.11 Å². The van der Waals surface area contributed by atoms with Gasteiger partial charge in [0, 0.05) is 35.7 Å². The Morgan fingerprint density at radius 3 is 2.75 bits per heavy atom. The predicted molar refractivity (Wildman–Crippen MR) is 84.9 cm³/mol. The number of piperidine rings is 1. The molecule has 0 spiro atoms. The number of benzene rings is 1. The quantitative estimate of drug-likeness (QED) is 0.883. The summed E-state index contributed by atoms with van der Waals surface area (Å²) in [5.41, 5.74) is 4.94. The first-order valence-corrected chi connectivity index (χ1v) is 7.62. The Bertz CT molecular complexity index is 624. The molecule has 3 rings (SSSR count). The standard InChI is InChI=1S/C15H18BrN3O/c16-12-1-2-13-11(9-12)3-6-18-14(13)19-7-4-15(20,10-17)5-8-19/h1-3,6,9,20H,4-5,7-8,10,17H2. The van der Waals surface area contributed by atoms with Gasteiger partial charge in [0.05, 0.1) is 5.60 Å². The van der Waals surface area contributed by atoms with Crippen LogP contribution in [0.3, 0.4) is 0 Å². The molecule has 0 saturated carbocycles. The lowest BCUT2D eigenvalue weighted by molar-refractivity contribution is 0.0249. The van der Waals surface area contributed by atoms with E-state index in [4.69, 9.17) is 5.73 Å². The van der Waals surface area contributed by atoms with E-state index < -0.39 is 5.60 Å². The number of halogens is 1. The van der Waals surface area contributed by atoms with Crippen molar-refractivity contribution in [2.75, 3.05) is 24.5 Å². The molecule has 1 fully saturated rings. The van der Waals surface area contributed by atoms with E-state index in [2.05, 4.69) is 37.9 Å². The fourth-order valence-electron chi connectivity index (χ4n) is 2.72. The van der Waals surface area contributed by atoms with Gasteiger partial charge in [0.15, 0.2) is 0 Å². The van der Waals surface area contributed by atoms with E-state index in [0.717, 1.165) is 28.8 Å². The van der Waals surface area contributed by atoms with Gasteiger partial charge < -0.3 is 15.7 Å². The molecule has 106 valence electrons. The Kier molecular flexibility index (Phi) is 3.67. The third-order valence-electron chi connectivity index (χ3n) is 4.08. The fraction of sp³-hybridized carbons (Fsp3) is 0.400. The molecule has 1 aliphatic heterocycles. The van der Waals surface area contributed by atoms with Crippen molar-refractivity contribution in [3.05, 3.63) is 34.9 Å². The first kappa shape index (κ1) is 13.8. The lowest BCUT2D eigenvalue weighted by Gasteiger charge is -2.38. The average molecular weight is 336 g/mol. The molecule has 3 N–H and O–H groups in total. The summed E-state index contributed by atoms with van der Waals surface area (Å²) in [5.74, 6) is 0.995. The molecule has 0 unspecified atom stereocenters. The molecule has 4 nitrogen and oxygen atoms in total. The first-order valence-electron chi connectivity index (χ1n) is 6.83. The van der Waals surface area contributed by atoms with Crippen LogP contribution in [0.15, 0.2) is 34.9 Å². The van der Waals surface area contributed by atoms with Crippen LogP contribution in [-0.2, 0) is 0 Å². The summed E-state index contributed by atoms with van der Waals surface area (Å²) in [5, 5.41) is 12.5. The maximum Gasteiger partial charge on any atom is 0.136 e. The molecule has 0 radical (unpaired) electrons. The lowest BCUT2D eigenvalue weighted by Crippen LogP contribution is -2.49. The molecule has 20 heavy (non-hydrogen) atoms. The predicted octanol–water partition coefficient (Wildman–Crippen LogP) is 2.29. The number of rotatable bonds is 2. The Morgan fingerprint density at radius 1 is 1.30 bits per heavy atom. The molecule has 1 aliphatic rings. The SMILES string of the molecule is NCC1(O)CCN(c2nccc3cc(Br)ccc23)CC1. The van der Waals surface area contributed by atoms with Crippen molar-refractivity contribution in [2.45, 2.75) is 18.4 Å². The van der Waals surface area contributed by atoms with Gasteiger partial charge in [-0.1, -0.05) is 15.9 Å². The highest BCUT2D eigenvalue weighted by Gasteiger charge is 2.31. The summed E-state index contributed by atoms with van der Waals surface area (Å²) < 4.78 is 1.07. The number of nitrogens with zero attached hydrogens (tertiary/aromatic N) is 2. The van der Waals surface area contributed by atoms with E-state index in [-0.39, 0.29) is 0 Å². The minimum Gasteiger partial charge on any atom is -0.388 e. The topological polar surface area (TPSA) is 62.4 Å². The van der Waals surface area contributed by atoms with Crippen LogP contribution >= 0.6 is 15.9 Å². The van der Waals surface area contributed by atoms with Gasteiger partial charge >= 0.3 is 0 Å². The van der Waals surface area contributed by atoms with Crippen molar-refractivity contribution in [1.29, 1.82) is 0 Å². The van der Waals surface area contributed by atoms with Crippen LogP contribution in [0.4, 0.5) is 5.82 Å². The molecule has 2 aromatic rings. The monoisotopic (exact) mass is 335 g/mol. The van der Waals surface area contributed by atoms with Crippen molar-refractivity contribution in [3.8, 4) is 0 Å². The summed E-state index contributed by atoms with van der Waals surface area (Å²) in [6.45, 7) is 1.91. The molecule has 1 aromatic heterocycles. The molecule has 1 aromatic carbocycles. The second-order valence-corrected chi connectivity index (χ2v) is 6.33. The zero-order valence-corrected chi connectivity index (χ0v) is 12.8. The minimum absolute atomic E-state index is 0.330. The maximum absolute atomic E-state index is 10.2. The number of anilines is 1. The summed E-state index contributed by atoms with van der Waals surface area (Å²) in [6.07, 6.45) is 3.23. The van der Waals surface area contributed by atoms with Gasteiger partial charge in [-0.2, -0.15) is 0 Å². The zero-order chi connectivity index (χ0) is 14.2. The van der Waals surface area contributed by atoms with Gasteiger partial charge in [0.25, 0.3) is 0 Å². The lowest BCUT2D eigenvalue weighted by atomic mass is 9.91. The Morgan fingerprint density at radius 2 is 2.05 bits per heavy atom. The smallest absolute Gasteiger partial charge is 0.136 e. The van der Waals surface area contributed by atoms with Crippen molar-refractivity contribution < 1.29 is 5.11 Å². The second kappa shape index (κ2) is 5.31. The fourth-order valence-corrected chi connectivity index (χ4v) is 3.10. The molecule has 0 amide bonds.